The quantitative estimate of drug-likeness (QED) is 0.478. The van der Waals surface area contributed by atoms with E-state index in [0.29, 0.717) is 5.69 Å². The Balaban J connectivity index is 1.55. The van der Waals surface area contributed by atoms with Crippen LogP contribution in [0, 0.1) is 12.7 Å². The lowest BCUT2D eigenvalue weighted by Gasteiger charge is -1.99. The standard InChI is InChI=1S/C20H16FNO2S/c1-14-2-7-16(8-3-14)20-22-18(13-25-20)12-24-19(23)11-6-15-4-9-17(21)10-5-15/h2-11,13H,12H2,1H3/b11-6+. The summed E-state index contributed by atoms with van der Waals surface area (Å²) in [6.07, 6.45) is 2.90. The molecule has 0 aliphatic rings. The third-order valence-electron chi connectivity index (χ3n) is 3.49. The minimum absolute atomic E-state index is 0.120. The van der Waals surface area contributed by atoms with Gasteiger partial charge in [-0.3, -0.25) is 0 Å². The fourth-order valence-electron chi connectivity index (χ4n) is 2.13. The first-order chi connectivity index (χ1) is 12.1. The number of aromatic nitrogens is 1. The summed E-state index contributed by atoms with van der Waals surface area (Å²) in [4.78, 5) is 16.2. The number of ether oxygens (including phenoxy) is 1. The molecular weight excluding hydrogens is 337 g/mol. The van der Waals surface area contributed by atoms with Gasteiger partial charge < -0.3 is 4.74 Å². The zero-order chi connectivity index (χ0) is 17.6. The fourth-order valence-corrected chi connectivity index (χ4v) is 2.94. The van der Waals surface area contributed by atoms with Crippen molar-refractivity contribution in [2.75, 3.05) is 0 Å². The molecule has 1 aromatic heterocycles. The molecule has 0 aliphatic carbocycles. The van der Waals surface area contributed by atoms with Crippen LogP contribution in [0.2, 0.25) is 0 Å². The summed E-state index contributed by atoms with van der Waals surface area (Å²) in [5.41, 5.74) is 3.68. The zero-order valence-corrected chi connectivity index (χ0v) is 14.4. The Labute approximate surface area is 149 Å². The number of halogens is 1. The zero-order valence-electron chi connectivity index (χ0n) is 13.6. The van der Waals surface area contributed by atoms with Gasteiger partial charge in [0.1, 0.15) is 17.4 Å². The van der Waals surface area contributed by atoms with E-state index in [9.17, 15) is 9.18 Å². The first-order valence-corrected chi connectivity index (χ1v) is 8.60. The van der Waals surface area contributed by atoms with E-state index in [1.165, 1.54) is 35.1 Å². The molecule has 5 heteroatoms. The maximum absolute atomic E-state index is 12.8. The summed E-state index contributed by atoms with van der Waals surface area (Å²) in [6.45, 7) is 2.16. The van der Waals surface area contributed by atoms with Crippen LogP contribution in [0.1, 0.15) is 16.8 Å². The van der Waals surface area contributed by atoms with Gasteiger partial charge in [0.15, 0.2) is 0 Å². The van der Waals surface area contributed by atoms with E-state index in [0.717, 1.165) is 16.1 Å². The molecule has 2 aromatic carbocycles. The molecule has 0 amide bonds. The summed E-state index contributed by atoms with van der Waals surface area (Å²) in [5.74, 6) is -0.776. The summed E-state index contributed by atoms with van der Waals surface area (Å²) in [5, 5.41) is 2.78. The highest BCUT2D eigenvalue weighted by molar-refractivity contribution is 7.13. The molecule has 3 aromatic rings. The Morgan fingerprint density at radius 1 is 1.16 bits per heavy atom. The van der Waals surface area contributed by atoms with E-state index in [2.05, 4.69) is 4.98 Å². The minimum atomic E-state index is -0.464. The molecule has 0 unspecified atom stereocenters. The molecule has 1 heterocycles. The van der Waals surface area contributed by atoms with Crippen molar-refractivity contribution in [3.8, 4) is 10.6 Å². The summed E-state index contributed by atoms with van der Waals surface area (Å²) >= 11 is 1.52. The molecule has 0 atom stereocenters. The molecular formula is C20H16FNO2S. The van der Waals surface area contributed by atoms with Gasteiger partial charge in [-0.15, -0.1) is 11.3 Å². The van der Waals surface area contributed by atoms with Crippen molar-refractivity contribution in [2.45, 2.75) is 13.5 Å². The number of thiazole rings is 1. The number of hydrogen-bond donors (Lipinski definition) is 0. The van der Waals surface area contributed by atoms with Crippen LogP contribution >= 0.6 is 11.3 Å². The lowest BCUT2D eigenvalue weighted by Crippen LogP contribution is -2.00. The number of esters is 1. The lowest BCUT2D eigenvalue weighted by atomic mass is 10.2. The van der Waals surface area contributed by atoms with Gasteiger partial charge in [0.2, 0.25) is 0 Å². The van der Waals surface area contributed by atoms with Gasteiger partial charge in [-0.05, 0) is 30.7 Å². The van der Waals surface area contributed by atoms with Gasteiger partial charge in [0.05, 0.1) is 5.69 Å². The average Bonchev–Trinajstić information content (AvgIpc) is 3.09. The summed E-state index contributed by atoms with van der Waals surface area (Å²) < 4.78 is 18.0. The van der Waals surface area contributed by atoms with Crippen molar-refractivity contribution in [3.63, 3.8) is 0 Å². The van der Waals surface area contributed by atoms with Crippen LogP contribution in [-0.2, 0) is 16.1 Å². The fraction of sp³-hybridized carbons (Fsp3) is 0.100. The molecule has 0 radical (unpaired) electrons. The normalized spacial score (nSPS) is 11.0. The van der Waals surface area contributed by atoms with Crippen LogP contribution in [-0.4, -0.2) is 11.0 Å². The van der Waals surface area contributed by atoms with Gasteiger partial charge >= 0.3 is 5.97 Å². The van der Waals surface area contributed by atoms with Crippen LogP contribution in [0.25, 0.3) is 16.6 Å². The van der Waals surface area contributed by atoms with E-state index in [-0.39, 0.29) is 12.4 Å². The summed E-state index contributed by atoms with van der Waals surface area (Å²) in [6, 6.07) is 14.0. The topological polar surface area (TPSA) is 39.2 Å². The molecule has 3 nitrogen and oxygen atoms in total. The highest BCUT2D eigenvalue weighted by Crippen LogP contribution is 2.24. The number of carbonyl (C=O) groups excluding carboxylic acids is 1. The Kier molecular flexibility index (Phi) is 5.36. The van der Waals surface area contributed by atoms with Crippen molar-refractivity contribution < 1.29 is 13.9 Å². The smallest absolute Gasteiger partial charge is 0.331 e. The Hall–Kier alpha value is -2.79. The Bertz CT molecular complexity index is 883. The van der Waals surface area contributed by atoms with E-state index in [1.54, 1.807) is 18.2 Å². The number of nitrogens with zero attached hydrogens (tertiary/aromatic N) is 1. The second-order valence-electron chi connectivity index (χ2n) is 5.50. The largest absolute Gasteiger partial charge is 0.456 e. The van der Waals surface area contributed by atoms with Crippen LogP contribution in [0.3, 0.4) is 0 Å². The van der Waals surface area contributed by atoms with E-state index >= 15 is 0 Å². The average molecular weight is 353 g/mol. The first-order valence-electron chi connectivity index (χ1n) is 7.72. The molecule has 0 aliphatic heterocycles. The second kappa shape index (κ2) is 7.85. The predicted octanol–water partition coefficient (Wildman–Crippen LogP) is 5.01. The van der Waals surface area contributed by atoms with Gasteiger partial charge in [0, 0.05) is 17.0 Å². The van der Waals surface area contributed by atoms with Crippen LogP contribution in [0.15, 0.2) is 60.0 Å². The molecule has 0 spiro atoms. The van der Waals surface area contributed by atoms with Gasteiger partial charge in [0.25, 0.3) is 0 Å². The monoisotopic (exact) mass is 353 g/mol. The van der Waals surface area contributed by atoms with E-state index in [1.807, 2.05) is 36.6 Å². The van der Waals surface area contributed by atoms with E-state index < -0.39 is 5.97 Å². The SMILES string of the molecule is Cc1ccc(-c2nc(COC(=O)/C=C/c3ccc(F)cc3)cs2)cc1. The number of benzene rings is 2. The molecule has 0 N–H and O–H groups in total. The number of hydrogen-bond acceptors (Lipinski definition) is 4. The lowest BCUT2D eigenvalue weighted by molar-refractivity contribution is -0.139. The van der Waals surface area contributed by atoms with Crippen LogP contribution in [0.5, 0.6) is 0 Å². The van der Waals surface area contributed by atoms with Crippen molar-refractivity contribution in [1.29, 1.82) is 0 Å². The first kappa shape index (κ1) is 17.0. The number of rotatable bonds is 5. The van der Waals surface area contributed by atoms with Crippen molar-refractivity contribution in [1.82, 2.24) is 4.98 Å². The molecule has 0 saturated carbocycles. The van der Waals surface area contributed by atoms with Crippen molar-refractivity contribution in [3.05, 3.63) is 82.6 Å². The molecule has 126 valence electrons. The van der Waals surface area contributed by atoms with Crippen LogP contribution in [0.4, 0.5) is 4.39 Å². The minimum Gasteiger partial charge on any atom is -0.456 e. The van der Waals surface area contributed by atoms with Gasteiger partial charge in [-0.1, -0.05) is 42.0 Å². The van der Waals surface area contributed by atoms with Crippen LogP contribution < -0.4 is 0 Å². The molecule has 0 saturated heterocycles. The molecule has 0 fully saturated rings. The maximum atomic E-state index is 12.8. The molecule has 25 heavy (non-hydrogen) atoms. The maximum Gasteiger partial charge on any atom is 0.331 e. The van der Waals surface area contributed by atoms with Gasteiger partial charge in [-0.2, -0.15) is 0 Å². The van der Waals surface area contributed by atoms with Crippen molar-refractivity contribution in [2.24, 2.45) is 0 Å². The molecule has 0 bridgehead atoms. The van der Waals surface area contributed by atoms with Crippen molar-refractivity contribution >= 4 is 23.4 Å². The number of aryl methyl sites for hydroxylation is 1. The third kappa shape index (κ3) is 4.84. The highest BCUT2D eigenvalue weighted by Gasteiger charge is 2.06. The number of carbonyl (C=O) groups is 1. The third-order valence-corrected chi connectivity index (χ3v) is 4.43. The second-order valence-corrected chi connectivity index (χ2v) is 6.36. The summed E-state index contributed by atoms with van der Waals surface area (Å²) in [7, 11) is 0. The molecule has 3 rings (SSSR count). The van der Waals surface area contributed by atoms with E-state index in [4.69, 9.17) is 4.74 Å². The predicted molar refractivity (Wildman–Crippen MR) is 97.5 cm³/mol. The highest BCUT2D eigenvalue weighted by atomic mass is 32.1. The Morgan fingerprint density at radius 3 is 2.60 bits per heavy atom. The Morgan fingerprint density at radius 2 is 1.88 bits per heavy atom. The van der Waals surface area contributed by atoms with Gasteiger partial charge in [-0.25, -0.2) is 14.2 Å².